The second-order valence-corrected chi connectivity index (χ2v) is 12.0. The Morgan fingerprint density at radius 3 is 2.40 bits per heavy atom. The summed E-state index contributed by atoms with van der Waals surface area (Å²) < 4.78 is 23.8. The third kappa shape index (κ3) is 9.51. The Morgan fingerprint density at radius 2 is 1.76 bits per heavy atom. The fourth-order valence-corrected chi connectivity index (χ4v) is 5.57. The van der Waals surface area contributed by atoms with Crippen molar-refractivity contribution in [2.24, 2.45) is 5.92 Å². The Bertz CT molecular complexity index is 1370. The number of aromatic nitrogens is 2. The van der Waals surface area contributed by atoms with Gasteiger partial charge in [-0.1, -0.05) is 42.5 Å². The molecule has 1 saturated carbocycles. The summed E-state index contributed by atoms with van der Waals surface area (Å²) in [5.41, 5.74) is 2.73. The smallest absolute Gasteiger partial charge is 0.469 e. The maximum atomic E-state index is 11.3. The van der Waals surface area contributed by atoms with E-state index in [0.29, 0.717) is 23.7 Å². The first kappa shape index (κ1) is 31.9. The molecule has 0 amide bonds. The number of ether oxygens (including phenoxy) is 1. The number of hydrogen-bond acceptors (Lipinski definition) is 7. The van der Waals surface area contributed by atoms with Crippen molar-refractivity contribution < 1.29 is 38.9 Å². The first-order valence-corrected chi connectivity index (χ1v) is 15.7. The van der Waals surface area contributed by atoms with E-state index in [-0.39, 0.29) is 19.3 Å². The number of rotatable bonds is 12. The summed E-state index contributed by atoms with van der Waals surface area (Å²) in [4.78, 5) is 22.4. The Balaban J connectivity index is 1.38. The van der Waals surface area contributed by atoms with Gasteiger partial charge in [-0.25, -0.2) is 9.55 Å². The van der Waals surface area contributed by atoms with E-state index in [4.69, 9.17) is 24.2 Å². The van der Waals surface area contributed by atoms with Crippen LogP contribution < -0.4 is 4.74 Å². The van der Waals surface area contributed by atoms with Gasteiger partial charge in [0.2, 0.25) is 0 Å². The van der Waals surface area contributed by atoms with Gasteiger partial charge in [-0.05, 0) is 80.3 Å². The molecule has 2 aromatic carbocycles. The van der Waals surface area contributed by atoms with Crippen LogP contribution in [0.15, 0.2) is 60.9 Å². The van der Waals surface area contributed by atoms with E-state index in [0.717, 1.165) is 49.0 Å². The highest BCUT2D eigenvalue weighted by atomic mass is 31.2. The molecule has 11 heteroatoms. The number of aliphatic hydroxyl groups is 3. The summed E-state index contributed by atoms with van der Waals surface area (Å²) >= 11 is 0. The van der Waals surface area contributed by atoms with Crippen molar-refractivity contribution in [1.29, 1.82) is 0 Å². The molecule has 5 N–H and O–H groups in total. The third-order valence-electron chi connectivity index (χ3n) is 7.42. The Morgan fingerprint density at radius 1 is 1.07 bits per heavy atom. The molecule has 3 unspecified atom stereocenters. The summed E-state index contributed by atoms with van der Waals surface area (Å²) in [6.45, 7) is 0.976. The van der Waals surface area contributed by atoms with Crippen LogP contribution in [-0.4, -0.2) is 60.1 Å². The molecule has 1 heterocycles. The maximum Gasteiger partial charge on any atom is 0.469 e. The Hall–Kier alpha value is -3.00. The number of aliphatic hydroxyl groups excluding tert-OH is 3. The normalized spacial score (nSPS) is 19.4. The fourth-order valence-electron chi connectivity index (χ4n) is 5.23. The molecule has 0 spiro atoms. The first-order valence-electron chi connectivity index (χ1n) is 14.2. The quantitative estimate of drug-likeness (QED) is 0.151. The van der Waals surface area contributed by atoms with Gasteiger partial charge in [-0.15, -0.1) is 0 Å². The van der Waals surface area contributed by atoms with E-state index >= 15 is 0 Å². The lowest BCUT2D eigenvalue weighted by Crippen LogP contribution is -2.26. The van der Waals surface area contributed by atoms with Gasteiger partial charge >= 0.3 is 7.82 Å². The van der Waals surface area contributed by atoms with Gasteiger partial charge in [0.15, 0.2) is 0 Å². The first-order chi connectivity index (χ1) is 20.1. The minimum absolute atomic E-state index is 0.147. The van der Waals surface area contributed by atoms with E-state index < -0.39 is 26.1 Å². The molecule has 1 aliphatic rings. The minimum atomic E-state index is -4.71. The van der Waals surface area contributed by atoms with Crippen molar-refractivity contribution >= 4 is 7.82 Å². The molecule has 1 aliphatic carbocycles. The highest BCUT2D eigenvalue weighted by molar-refractivity contribution is 7.46. The van der Waals surface area contributed by atoms with Crippen molar-refractivity contribution in [2.75, 3.05) is 13.2 Å². The van der Waals surface area contributed by atoms with E-state index in [9.17, 15) is 14.8 Å². The summed E-state index contributed by atoms with van der Waals surface area (Å²) in [7, 11) is -4.71. The van der Waals surface area contributed by atoms with Crippen molar-refractivity contribution in [2.45, 2.75) is 69.8 Å². The molecule has 0 radical (unpaired) electrons. The molecule has 42 heavy (non-hydrogen) atoms. The average Bonchev–Trinajstić information content (AvgIpc) is 3.47. The van der Waals surface area contributed by atoms with E-state index in [1.807, 2.05) is 48.5 Å². The van der Waals surface area contributed by atoms with Gasteiger partial charge in [-0.3, -0.25) is 4.52 Å². The van der Waals surface area contributed by atoms with E-state index in [2.05, 4.69) is 16.8 Å². The molecule has 10 nitrogen and oxygen atoms in total. The van der Waals surface area contributed by atoms with Gasteiger partial charge < -0.3 is 34.4 Å². The molecular weight excluding hydrogens is 559 g/mol. The van der Waals surface area contributed by atoms with Gasteiger partial charge in [0, 0.05) is 18.0 Å². The molecule has 3 aromatic rings. The predicted molar refractivity (Wildman–Crippen MR) is 157 cm³/mol. The van der Waals surface area contributed by atoms with Crippen LogP contribution in [0.5, 0.6) is 5.75 Å². The molecular formula is C31H39N2O8P. The number of benzene rings is 2. The van der Waals surface area contributed by atoms with Gasteiger partial charge in [0.1, 0.15) is 23.7 Å². The van der Waals surface area contributed by atoms with E-state index in [1.165, 1.54) is 6.20 Å². The van der Waals surface area contributed by atoms with Gasteiger partial charge in [0.05, 0.1) is 25.4 Å². The van der Waals surface area contributed by atoms with Crippen LogP contribution in [0.1, 0.15) is 69.0 Å². The van der Waals surface area contributed by atoms with Crippen molar-refractivity contribution in [3.63, 3.8) is 0 Å². The Kier molecular flexibility index (Phi) is 11.4. The fraction of sp³-hybridized carbons (Fsp3) is 0.452. The number of hydrogen-bond donors (Lipinski definition) is 5. The van der Waals surface area contributed by atoms with Gasteiger partial charge in [0.25, 0.3) is 0 Å². The monoisotopic (exact) mass is 598 g/mol. The zero-order valence-electron chi connectivity index (χ0n) is 23.6. The summed E-state index contributed by atoms with van der Waals surface area (Å²) in [6.07, 6.45) is 7.38. The SMILES string of the molecule is C[C@H](O)c1nccn1C(C#Cc1ccc(-c2ccc(OC3CCCC(CC[C@H](O)CO)C3)cc2)cc1)COP(=O)(O)O. The highest BCUT2D eigenvalue weighted by Crippen LogP contribution is 2.37. The Labute approximate surface area is 246 Å². The largest absolute Gasteiger partial charge is 0.490 e. The highest BCUT2D eigenvalue weighted by Gasteiger charge is 2.24. The maximum absolute atomic E-state index is 11.3. The number of phosphoric acid groups is 1. The zero-order valence-corrected chi connectivity index (χ0v) is 24.5. The molecule has 1 aromatic heterocycles. The molecule has 0 saturated heterocycles. The van der Waals surface area contributed by atoms with Crippen molar-refractivity contribution in [1.82, 2.24) is 9.55 Å². The molecule has 5 atom stereocenters. The standard InChI is InChI=1S/C31H39N2O8P/c1-22(35)31-32-17-18-33(31)27(21-40-42(37,38)39)13-7-23-5-9-25(10-6-23)26-11-15-29(16-12-26)41-30-4-2-3-24(19-30)8-14-28(36)20-34/h5-6,9-12,15-18,22,24,27-28,30,34-36H,2-4,8,14,19-21H2,1H3,(H2,37,38,39)/t22-,24?,27?,28-,30?/m0/s1. The van der Waals surface area contributed by atoms with Crippen LogP contribution in [0.4, 0.5) is 0 Å². The zero-order chi connectivity index (χ0) is 30.1. The second-order valence-electron chi connectivity index (χ2n) is 10.7. The van der Waals surface area contributed by atoms with Gasteiger partial charge in [-0.2, -0.15) is 0 Å². The molecule has 4 rings (SSSR count). The number of imidazole rings is 1. The lowest BCUT2D eigenvalue weighted by Gasteiger charge is -2.30. The van der Waals surface area contributed by atoms with Crippen LogP contribution >= 0.6 is 7.82 Å². The van der Waals surface area contributed by atoms with Crippen LogP contribution in [0, 0.1) is 17.8 Å². The van der Waals surface area contributed by atoms with Crippen molar-refractivity contribution in [3.05, 3.63) is 72.3 Å². The molecule has 0 aliphatic heterocycles. The van der Waals surface area contributed by atoms with Crippen LogP contribution in [0.2, 0.25) is 0 Å². The third-order valence-corrected chi connectivity index (χ3v) is 7.91. The second kappa shape index (κ2) is 14.9. The summed E-state index contributed by atoms with van der Waals surface area (Å²) in [5.74, 6) is 7.65. The number of phosphoric ester groups is 1. The van der Waals surface area contributed by atoms with Crippen molar-refractivity contribution in [3.8, 4) is 28.7 Å². The van der Waals surface area contributed by atoms with E-state index in [1.54, 1.807) is 17.7 Å². The van der Waals surface area contributed by atoms with Crippen LogP contribution in [-0.2, 0) is 9.09 Å². The summed E-state index contributed by atoms with van der Waals surface area (Å²) in [5, 5.41) is 28.7. The summed E-state index contributed by atoms with van der Waals surface area (Å²) in [6, 6.07) is 14.8. The number of nitrogens with zero attached hydrogens (tertiary/aromatic N) is 2. The van der Waals surface area contributed by atoms with Crippen LogP contribution in [0.25, 0.3) is 11.1 Å². The average molecular weight is 599 g/mol. The van der Waals surface area contributed by atoms with Crippen LogP contribution in [0.3, 0.4) is 0 Å². The predicted octanol–water partition coefficient (Wildman–Crippen LogP) is 4.38. The lowest BCUT2D eigenvalue weighted by atomic mass is 9.83. The topological polar surface area (TPSA) is 154 Å². The molecule has 226 valence electrons. The minimum Gasteiger partial charge on any atom is -0.490 e. The molecule has 1 fully saturated rings. The molecule has 0 bridgehead atoms. The lowest BCUT2D eigenvalue weighted by molar-refractivity contribution is 0.0711.